The van der Waals surface area contributed by atoms with Gasteiger partial charge in [-0.1, -0.05) is 43.3 Å². The van der Waals surface area contributed by atoms with Crippen LogP contribution in [0.25, 0.3) is 6.08 Å². The zero-order valence-corrected chi connectivity index (χ0v) is 16.0. The number of carboxylic acids is 1. The van der Waals surface area contributed by atoms with E-state index in [1.807, 2.05) is 19.1 Å². The quantitative estimate of drug-likeness (QED) is 0.446. The number of benzene rings is 2. The first-order chi connectivity index (χ1) is 12.8. The lowest BCUT2D eigenvalue weighted by Crippen LogP contribution is -2.24. The van der Waals surface area contributed by atoms with Crippen LogP contribution in [-0.2, 0) is 11.8 Å². The molecule has 3 rings (SSSR count). The molecule has 0 bridgehead atoms. The molecule has 0 fully saturated rings. The number of carbonyl (C=O) groups is 1. The molecular weight excluding hydrogens is 338 g/mol. The van der Waals surface area contributed by atoms with Crippen LogP contribution < -0.4 is 0 Å². The maximum Gasteiger partial charge on any atom is 0.335 e. The molecule has 0 aliphatic heterocycles. The first kappa shape index (κ1) is 18.9. The second kappa shape index (κ2) is 7.39. The fraction of sp³-hybridized carbons (Fsp3) is 0.304. The number of fused-ring (bicyclic) bond motifs is 1. The largest absolute Gasteiger partial charge is 0.478 e. The third-order valence-corrected chi connectivity index (χ3v) is 5.43. The minimum atomic E-state index is -0.942. The lowest BCUT2D eigenvalue weighted by atomic mass is 9.72. The summed E-state index contributed by atoms with van der Waals surface area (Å²) in [5.74, 6) is -0.942. The zero-order chi connectivity index (χ0) is 19.6. The van der Waals surface area contributed by atoms with Crippen molar-refractivity contribution < 1.29 is 15.1 Å². The Balaban J connectivity index is 1.91. The van der Waals surface area contributed by atoms with Crippen molar-refractivity contribution in [1.29, 1.82) is 0 Å². The van der Waals surface area contributed by atoms with E-state index in [0.717, 1.165) is 29.5 Å². The van der Waals surface area contributed by atoms with E-state index in [9.17, 15) is 10.0 Å². The first-order valence-electron chi connectivity index (χ1n) is 9.20. The SMILES string of the molecule is Cc1cc(C(=O)O)ccc1/C=C/C(=N/O)c1ccc2c(c1)C(C)(C)CCC2. The van der Waals surface area contributed by atoms with E-state index in [1.54, 1.807) is 24.3 Å². The van der Waals surface area contributed by atoms with E-state index in [2.05, 4.69) is 31.1 Å². The Labute approximate surface area is 159 Å². The fourth-order valence-corrected chi connectivity index (χ4v) is 3.79. The molecule has 4 nitrogen and oxygen atoms in total. The maximum absolute atomic E-state index is 11.1. The Bertz CT molecular complexity index is 939. The van der Waals surface area contributed by atoms with E-state index in [1.165, 1.54) is 17.5 Å². The van der Waals surface area contributed by atoms with Crippen LogP contribution >= 0.6 is 0 Å². The number of aromatic carboxylic acids is 1. The molecule has 140 valence electrons. The minimum absolute atomic E-state index is 0.122. The summed E-state index contributed by atoms with van der Waals surface area (Å²) in [7, 11) is 0. The second-order valence-electron chi connectivity index (χ2n) is 7.80. The second-order valence-corrected chi connectivity index (χ2v) is 7.80. The van der Waals surface area contributed by atoms with Gasteiger partial charge in [0.05, 0.1) is 5.56 Å². The van der Waals surface area contributed by atoms with Crippen LogP contribution in [0, 0.1) is 6.92 Å². The lowest BCUT2D eigenvalue weighted by molar-refractivity contribution is 0.0696. The molecule has 0 heterocycles. The predicted molar refractivity (Wildman–Crippen MR) is 108 cm³/mol. The summed E-state index contributed by atoms with van der Waals surface area (Å²) in [5.41, 5.74) is 6.19. The van der Waals surface area contributed by atoms with E-state index >= 15 is 0 Å². The molecule has 0 amide bonds. The van der Waals surface area contributed by atoms with Gasteiger partial charge in [-0.3, -0.25) is 0 Å². The van der Waals surface area contributed by atoms with Crippen LogP contribution in [0.1, 0.15) is 64.9 Å². The third-order valence-electron chi connectivity index (χ3n) is 5.43. The first-order valence-corrected chi connectivity index (χ1v) is 9.20. The van der Waals surface area contributed by atoms with Crippen molar-refractivity contribution >= 4 is 17.8 Å². The number of rotatable bonds is 4. The van der Waals surface area contributed by atoms with Crippen LogP contribution in [0.3, 0.4) is 0 Å². The molecule has 0 aromatic heterocycles. The summed E-state index contributed by atoms with van der Waals surface area (Å²) >= 11 is 0. The Kier molecular flexibility index (Phi) is 5.17. The molecule has 4 heteroatoms. The molecule has 2 aromatic carbocycles. The maximum atomic E-state index is 11.1. The van der Waals surface area contributed by atoms with Crippen molar-refractivity contribution in [2.45, 2.75) is 45.4 Å². The van der Waals surface area contributed by atoms with Crippen molar-refractivity contribution in [3.63, 3.8) is 0 Å². The molecule has 0 atom stereocenters. The van der Waals surface area contributed by atoms with Crippen LogP contribution in [0.4, 0.5) is 0 Å². The third kappa shape index (κ3) is 3.95. The van der Waals surface area contributed by atoms with Crippen molar-refractivity contribution in [2.75, 3.05) is 0 Å². The summed E-state index contributed by atoms with van der Waals surface area (Å²) in [6.07, 6.45) is 7.06. The Morgan fingerprint density at radius 1 is 1.15 bits per heavy atom. The highest BCUT2D eigenvalue weighted by Crippen LogP contribution is 2.37. The van der Waals surface area contributed by atoms with E-state index in [-0.39, 0.29) is 11.0 Å². The smallest absolute Gasteiger partial charge is 0.335 e. The van der Waals surface area contributed by atoms with Crippen molar-refractivity contribution in [3.8, 4) is 0 Å². The standard InChI is InChI=1S/C23H25NO3/c1-15-13-19(22(25)26)9-6-16(15)10-11-21(24-27)18-8-7-17-5-4-12-23(2,3)20(17)14-18/h6-11,13-14,27H,4-5,12H2,1-3H3,(H,25,26)/b11-10+,24-21-. The Morgan fingerprint density at radius 2 is 1.89 bits per heavy atom. The van der Waals surface area contributed by atoms with E-state index in [0.29, 0.717) is 5.71 Å². The lowest BCUT2D eigenvalue weighted by Gasteiger charge is -2.33. The van der Waals surface area contributed by atoms with Crippen LogP contribution in [-0.4, -0.2) is 22.0 Å². The molecule has 27 heavy (non-hydrogen) atoms. The molecule has 1 aliphatic carbocycles. The summed E-state index contributed by atoms with van der Waals surface area (Å²) in [6.45, 7) is 6.38. The molecular formula is C23H25NO3. The van der Waals surface area contributed by atoms with Gasteiger partial charge >= 0.3 is 5.97 Å². The van der Waals surface area contributed by atoms with Gasteiger partial charge in [0.2, 0.25) is 0 Å². The fourth-order valence-electron chi connectivity index (χ4n) is 3.79. The van der Waals surface area contributed by atoms with Gasteiger partial charge in [-0.05, 0) is 78.1 Å². The van der Waals surface area contributed by atoms with E-state index < -0.39 is 5.97 Å². The molecule has 1 aliphatic rings. The zero-order valence-electron chi connectivity index (χ0n) is 16.0. The number of nitrogens with zero attached hydrogens (tertiary/aromatic N) is 1. The molecule has 0 radical (unpaired) electrons. The number of carboxylic acid groups (broad SMARTS) is 1. The number of hydrogen-bond acceptors (Lipinski definition) is 3. The van der Waals surface area contributed by atoms with Gasteiger partial charge in [-0.2, -0.15) is 0 Å². The van der Waals surface area contributed by atoms with Gasteiger partial charge in [0.15, 0.2) is 0 Å². The van der Waals surface area contributed by atoms with Crippen LogP contribution in [0.5, 0.6) is 0 Å². The van der Waals surface area contributed by atoms with Crippen molar-refractivity contribution in [1.82, 2.24) is 0 Å². The van der Waals surface area contributed by atoms with Crippen molar-refractivity contribution in [3.05, 3.63) is 75.9 Å². The average molecular weight is 363 g/mol. The number of hydrogen-bond donors (Lipinski definition) is 2. The molecule has 0 unspecified atom stereocenters. The van der Waals surface area contributed by atoms with Crippen molar-refractivity contribution in [2.24, 2.45) is 5.16 Å². The molecule has 0 spiro atoms. The predicted octanol–water partition coefficient (Wildman–Crippen LogP) is 5.20. The van der Waals surface area contributed by atoms with Gasteiger partial charge < -0.3 is 10.3 Å². The Hall–Kier alpha value is -2.88. The molecule has 2 N–H and O–H groups in total. The van der Waals surface area contributed by atoms with Gasteiger partial charge in [-0.15, -0.1) is 0 Å². The topological polar surface area (TPSA) is 69.9 Å². The minimum Gasteiger partial charge on any atom is -0.478 e. The number of allylic oxidation sites excluding steroid dienone is 1. The monoisotopic (exact) mass is 363 g/mol. The van der Waals surface area contributed by atoms with Crippen LogP contribution in [0.15, 0.2) is 47.6 Å². The van der Waals surface area contributed by atoms with E-state index in [4.69, 9.17) is 5.11 Å². The summed E-state index contributed by atoms with van der Waals surface area (Å²) < 4.78 is 0. The normalized spacial score (nSPS) is 16.3. The van der Waals surface area contributed by atoms with Gasteiger partial charge in [-0.25, -0.2) is 4.79 Å². The number of aryl methyl sites for hydroxylation is 2. The highest BCUT2D eigenvalue weighted by atomic mass is 16.4. The highest BCUT2D eigenvalue weighted by molar-refractivity contribution is 6.10. The van der Waals surface area contributed by atoms with Crippen LogP contribution in [0.2, 0.25) is 0 Å². The molecule has 0 saturated heterocycles. The summed E-state index contributed by atoms with van der Waals surface area (Å²) in [5, 5.41) is 22.1. The summed E-state index contributed by atoms with van der Waals surface area (Å²) in [4.78, 5) is 11.1. The summed E-state index contributed by atoms with van der Waals surface area (Å²) in [6, 6.07) is 11.2. The highest BCUT2D eigenvalue weighted by Gasteiger charge is 2.27. The number of oxime groups is 1. The Morgan fingerprint density at radius 3 is 2.56 bits per heavy atom. The van der Waals surface area contributed by atoms with Gasteiger partial charge in [0, 0.05) is 5.56 Å². The van der Waals surface area contributed by atoms with Gasteiger partial charge in [0.1, 0.15) is 5.71 Å². The molecule has 2 aromatic rings. The van der Waals surface area contributed by atoms with Gasteiger partial charge in [0.25, 0.3) is 0 Å². The molecule has 0 saturated carbocycles. The average Bonchev–Trinajstić information content (AvgIpc) is 2.63.